The number of phenols is 1. The van der Waals surface area contributed by atoms with Gasteiger partial charge in [-0.25, -0.2) is 0 Å². The molecule has 2 aromatic rings. The van der Waals surface area contributed by atoms with E-state index in [0.717, 1.165) is 29.2 Å². The standard InChI is InChI=1S/C18H17Br2F3N2O/c19-14-8-12(17(26)16(20)10-14)11-24-4-6-25(7-5-24)15-3-1-2-13(9-15)18(21,22)23/h1-3,8-10,26H,4-7,11H2/p+1. The molecule has 8 heteroatoms. The number of aromatic hydroxyl groups is 1. The van der Waals surface area contributed by atoms with Crippen LogP contribution < -0.4 is 9.80 Å². The van der Waals surface area contributed by atoms with E-state index in [-0.39, 0.29) is 5.75 Å². The van der Waals surface area contributed by atoms with Gasteiger partial charge in [-0.15, -0.1) is 0 Å². The number of hydrogen-bond acceptors (Lipinski definition) is 2. The number of nitrogens with zero attached hydrogens (tertiary/aromatic N) is 1. The first-order valence-corrected chi connectivity index (χ1v) is 9.75. The lowest BCUT2D eigenvalue weighted by Gasteiger charge is -2.34. The van der Waals surface area contributed by atoms with Gasteiger partial charge in [0, 0.05) is 10.2 Å². The Morgan fingerprint density at radius 3 is 2.42 bits per heavy atom. The van der Waals surface area contributed by atoms with E-state index in [1.54, 1.807) is 12.1 Å². The van der Waals surface area contributed by atoms with Crippen LogP contribution >= 0.6 is 31.9 Å². The number of alkyl halides is 3. The van der Waals surface area contributed by atoms with Crippen molar-refractivity contribution >= 4 is 37.5 Å². The molecule has 26 heavy (non-hydrogen) atoms. The third-order valence-electron chi connectivity index (χ3n) is 4.56. The summed E-state index contributed by atoms with van der Waals surface area (Å²) in [5.41, 5.74) is 0.828. The van der Waals surface area contributed by atoms with Gasteiger partial charge in [-0.2, -0.15) is 13.2 Å². The van der Waals surface area contributed by atoms with Crippen LogP contribution in [0.4, 0.5) is 18.9 Å². The summed E-state index contributed by atoms with van der Waals surface area (Å²) in [7, 11) is 0. The normalized spacial score (nSPS) is 16.1. The van der Waals surface area contributed by atoms with Gasteiger partial charge in [0.2, 0.25) is 0 Å². The monoisotopic (exact) mass is 493 g/mol. The van der Waals surface area contributed by atoms with E-state index in [2.05, 4.69) is 31.9 Å². The maximum atomic E-state index is 12.9. The summed E-state index contributed by atoms with van der Waals surface area (Å²) >= 11 is 6.76. The Balaban J connectivity index is 1.65. The minimum absolute atomic E-state index is 0.237. The van der Waals surface area contributed by atoms with E-state index in [0.29, 0.717) is 29.8 Å². The number of piperazine rings is 1. The summed E-state index contributed by atoms with van der Waals surface area (Å²) < 4.78 is 40.2. The van der Waals surface area contributed by atoms with Crippen LogP contribution in [0.2, 0.25) is 0 Å². The minimum atomic E-state index is -4.32. The zero-order chi connectivity index (χ0) is 18.9. The number of quaternary nitrogens is 1. The average molecular weight is 495 g/mol. The predicted octanol–water partition coefficient (Wildman–Crippen LogP) is 3.84. The van der Waals surface area contributed by atoms with Crippen molar-refractivity contribution in [2.24, 2.45) is 0 Å². The molecule has 0 saturated carbocycles. The lowest BCUT2D eigenvalue weighted by molar-refractivity contribution is -0.914. The summed E-state index contributed by atoms with van der Waals surface area (Å²) in [5, 5.41) is 10.2. The van der Waals surface area contributed by atoms with E-state index < -0.39 is 11.7 Å². The molecule has 1 heterocycles. The summed E-state index contributed by atoms with van der Waals surface area (Å²) in [6.07, 6.45) is -4.32. The lowest BCUT2D eigenvalue weighted by atomic mass is 10.1. The van der Waals surface area contributed by atoms with Crippen LogP contribution in [0.1, 0.15) is 11.1 Å². The maximum Gasteiger partial charge on any atom is 0.416 e. The highest BCUT2D eigenvalue weighted by molar-refractivity contribution is 9.11. The average Bonchev–Trinajstić information content (AvgIpc) is 2.59. The molecule has 1 aliphatic heterocycles. The largest absolute Gasteiger partial charge is 0.506 e. The molecule has 0 aromatic heterocycles. The van der Waals surface area contributed by atoms with Crippen molar-refractivity contribution in [2.45, 2.75) is 12.7 Å². The fourth-order valence-corrected chi connectivity index (χ4v) is 4.47. The zero-order valence-corrected chi connectivity index (χ0v) is 17.0. The second-order valence-electron chi connectivity index (χ2n) is 6.36. The highest BCUT2D eigenvalue weighted by atomic mass is 79.9. The van der Waals surface area contributed by atoms with Gasteiger partial charge in [-0.3, -0.25) is 0 Å². The van der Waals surface area contributed by atoms with Crippen molar-refractivity contribution in [3.8, 4) is 5.75 Å². The first-order valence-electron chi connectivity index (χ1n) is 8.16. The molecular formula is C18H18Br2F3N2O+. The Labute approximate surface area is 166 Å². The Morgan fingerprint density at radius 1 is 1.08 bits per heavy atom. The molecule has 2 N–H and O–H groups in total. The topological polar surface area (TPSA) is 27.9 Å². The summed E-state index contributed by atoms with van der Waals surface area (Å²) in [6, 6.07) is 9.17. The van der Waals surface area contributed by atoms with E-state index in [1.165, 1.54) is 17.0 Å². The molecule has 3 nitrogen and oxygen atoms in total. The van der Waals surface area contributed by atoms with Crippen molar-refractivity contribution in [1.82, 2.24) is 0 Å². The Kier molecular flexibility index (Phi) is 5.84. The molecule has 0 atom stereocenters. The van der Waals surface area contributed by atoms with Gasteiger partial charge in [-0.1, -0.05) is 22.0 Å². The SMILES string of the molecule is Oc1c(Br)cc(Br)cc1C[NH+]1CCN(c2cccc(C(F)(F)F)c2)CC1. The van der Waals surface area contributed by atoms with Gasteiger partial charge in [0.05, 0.1) is 41.8 Å². The van der Waals surface area contributed by atoms with Gasteiger partial charge in [-0.05, 0) is 46.3 Å². The fourth-order valence-electron chi connectivity index (χ4n) is 3.16. The van der Waals surface area contributed by atoms with Gasteiger partial charge in [0.15, 0.2) is 0 Å². The molecule has 1 fully saturated rings. The number of benzene rings is 2. The quantitative estimate of drug-likeness (QED) is 0.678. The van der Waals surface area contributed by atoms with Crippen molar-refractivity contribution < 1.29 is 23.2 Å². The van der Waals surface area contributed by atoms with E-state index in [1.807, 2.05) is 11.0 Å². The molecule has 0 amide bonds. The molecule has 0 radical (unpaired) electrons. The first kappa shape index (κ1) is 19.5. The zero-order valence-electron chi connectivity index (χ0n) is 13.8. The van der Waals surface area contributed by atoms with Crippen molar-refractivity contribution in [3.63, 3.8) is 0 Å². The van der Waals surface area contributed by atoms with E-state index >= 15 is 0 Å². The number of nitrogens with one attached hydrogen (secondary N) is 1. The maximum absolute atomic E-state index is 12.9. The molecule has 0 bridgehead atoms. The highest BCUT2D eigenvalue weighted by Crippen LogP contribution is 2.32. The molecule has 1 saturated heterocycles. The third kappa shape index (κ3) is 4.53. The van der Waals surface area contributed by atoms with E-state index in [9.17, 15) is 18.3 Å². The van der Waals surface area contributed by atoms with Crippen molar-refractivity contribution in [3.05, 3.63) is 56.5 Å². The number of hydrogen-bond donors (Lipinski definition) is 2. The summed E-state index contributed by atoms with van der Waals surface area (Å²) in [5.74, 6) is 0.237. The highest BCUT2D eigenvalue weighted by Gasteiger charge is 2.31. The second kappa shape index (κ2) is 7.78. The minimum Gasteiger partial charge on any atom is -0.506 e. The first-order chi connectivity index (χ1) is 12.2. The van der Waals surface area contributed by atoms with Gasteiger partial charge >= 0.3 is 6.18 Å². The number of anilines is 1. The van der Waals surface area contributed by atoms with Crippen LogP contribution in [0.25, 0.3) is 0 Å². The molecule has 0 aliphatic carbocycles. The van der Waals surface area contributed by atoms with Crippen LogP contribution in [-0.4, -0.2) is 31.3 Å². The van der Waals surface area contributed by atoms with Gasteiger partial charge in [0.1, 0.15) is 12.3 Å². The molecule has 0 spiro atoms. The molecule has 0 unspecified atom stereocenters. The van der Waals surface area contributed by atoms with Crippen LogP contribution in [0.15, 0.2) is 45.3 Å². The number of halogens is 5. The lowest BCUT2D eigenvalue weighted by Crippen LogP contribution is -3.13. The van der Waals surface area contributed by atoms with E-state index in [4.69, 9.17) is 0 Å². The summed E-state index contributed by atoms with van der Waals surface area (Å²) in [6.45, 7) is 3.60. The molecular weight excluding hydrogens is 477 g/mol. The number of phenolic OH excluding ortho intramolecular Hbond substituents is 1. The van der Waals surface area contributed by atoms with Crippen LogP contribution in [0.3, 0.4) is 0 Å². The molecule has 2 aromatic carbocycles. The van der Waals surface area contributed by atoms with Gasteiger partial charge < -0.3 is 14.9 Å². The predicted molar refractivity (Wildman–Crippen MR) is 102 cm³/mol. The van der Waals surface area contributed by atoms with Crippen LogP contribution in [-0.2, 0) is 12.7 Å². The molecule has 1 aliphatic rings. The Hall–Kier alpha value is -1.25. The van der Waals surface area contributed by atoms with Crippen molar-refractivity contribution in [1.29, 1.82) is 0 Å². The second-order valence-corrected chi connectivity index (χ2v) is 8.13. The molecule has 3 rings (SSSR count). The smallest absolute Gasteiger partial charge is 0.416 e. The van der Waals surface area contributed by atoms with Crippen molar-refractivity contribution in [2.75, 3.05) is 31.1 Å². The summed E-state index contributed by atoms with van der Waals surface area (Å²) in [4.78, 5) is 3.27. The van der Waals surface area contributed by atoms with Gasteiger partial charge in [0.25, 0.3) is 0 Å². The van der Waals surface area contributed by atoms with Crippen LogP contribution in [0, 0.1) is 0 Å². The number of rotatable bonds is 3. The third-order valence-corrected chi connectivity index (χ3v) is 5.62. The molecule has 140 valence electrons. The Bertz CT molecular complexity index is 790. The van der Waals surface area contributed by atoms with Crippen LogP contribution in [0.5, 0.6) is 5.75 Å². The Morgan fingerprint density at radius 2 is 1.77 bits per heavy atom. The fraction of sp³-hybridized carbons (Fsp3) is 0.333.